The molecule has 0 bridgehead atoms. The maximum Gasteiger partial charge on any atom is 0.224 e. The van der Waals surface area contributed by atoms with Gasteiger partial charge in [-0.25, -0.2) is 0 Å². The smallest absolute Gasteiger partial charge is 0.224 e. The number of nitrogens with one attached hydrogen (secondary N) is 1. The van der Waals surface area contributed by atoms with Crippen molar-refractivity contribution in [2.24, 2.45) is 23.5 Å². The lowest BCUT2D eigenvalue weighted by atomic mass is 9.92. The molecule has 0 aromatic heterocycles. The van der Waals surface area contributed by atoms with E-state index < -0.39 is 0 Å². The molecule has 1 aliphatic carbocycles. The summed E-state index contributed by atoms with van der Waals surface area (Å²) in [4.78, 5) is 12.5. The summed E-state index contributed by atoms with van der Waals surface area (Å²) in [6.45, 7) is 6.41. The standard InChI is InChI=1S/C18H28N2O/c1-4-14-10-11-16(12(14)2)20-18(21)13(3)17(19)15-8-6-5-7-9-15/h5-9,12-14,16-17H,4,10-11,19H2,1-3H3,(H,20,21). The van der Waals surface area contributed by atoms with Gasteiger partial charge in [-0.15, -0.1) is 0 Å². The summed E-state index contributed by atoms with van der Waals surface area (Å²) < 4.78 is 0. The van der Waals surface area contributed by atoms with Crippen molar-refractivity contribution in [2.45, 2.75) is 52.1 Å². The van der Waals surface area contributed by atoms with E-state index in [1.54, 1.807) is 0 Å². The van der Waals surface area contributed by atoms with E-state index in [2.05, 4.69) is 19.2 Å². The number of hydrogen-bond acceptors (Lipinski definition) is 2. The predicted molar refractivity (Wildman–Crippen MR) is 86.6 cm³/mol. The van der Waals surface area contributed by atoms with Gasteiger partial charge in [0.1, 0.15) is 0 Å². The quantitative estimate of drug-likeness (QED) is 0.873. The molecule has 1 fully saturated rings. The summed E-state index contributed by atoms with van der Waals surface area (Å²) in [7, 11) is 0. The molecule has 116 valence electrons. The zero-order chi connectivity index (χ0) is 15.4. The van der Waals surface area contributed by atoms with Crippen LogP contribution in [-0.2, 0) is 4.79 Å². The lowest BCUT2D eigenvalue weighted by molar-refractivity contribution is -0.126. The van der Waals surface area contributed by atoms with Crippen LogP contribution in [0.5, 0.6) is 0 Å². The molecule has 1 saturated carbocycles. The van der Waals surface area contributed by atoms with Gasteiger partial charge in [-0.3, -0.25) is 4.79 Å². The van der Waals surface area contributed by atoms with Gasteiger partial charge in [0.2, 0.25) is 5.91 Å². The van der Waals surface area contributed by atoms with E-state index >= 15 is 0 Å². The normalized spacial score (nSPS) is 28.1. The highest BCUT2D eigenvalue weighted by atomic mass is 16.2. The Morgan fingerprint density at radius 2 is 2.00 bits per heavy atom. The van der Waals surface area contributed by atoms with E-state index in [1.165, 1.54) is 12.8 Å². The minimum absolute atomic E-state index is 0.0833. The topological polar surface area (TPSA) is 55.1 Å². The highest BCUT2D eigenvalue weighted by molar-refractivity contribution is 5.79. The van der Waals surface area contributed by atoms with Crippen molar-refractivity contribution in [1.29, 1.82) is 0 Å². The Balaban J connectivity index is 1.94. The highest BCUT2D eigenvalue weighted by Gasteiger charge is 2.34. The minimum Gasteiger partial charge on any atom is -0.353 e. The van der Waals surface area contributed by atoms with Crippen molar-refractivity contribution >= 4 is 5.91 Å². The molecule has 1 aliphatic rings. The lowest BCUT2D eigenvalue weighted by Crippen LogP contribution is -2.43. The van der Waals surface area contributed by atoms with Gasteiger partial charge in [0.05, 0.1) is 5.92 Å². The van der Waals surface area contributed by atoms with E-state index in [-0.39, 0.29) is 17.9 Å². The van der Waals surface area contributed by atoms with Crippen LogP contribution < -0.4 is 11.1 Å². The molecule has 1 aromatic carbocycles. The van der Waals surface area contributed by atoms with E-state index in [9.17, 15) is 4.79 Å². The van der Waals surface area contributed by atoms with E-state index in [1.807, 2.05) is 37.3 Å². The average Bonchev–Trinajstić information content (AvgIpc) is 2.87. The summed E-state index contributed by atoms with van der Waals surface area (Å²) in [5, 5.41) is 3.22. The largest absolute Gasteiger partial charge is 0.353 e. The number of amides is 1. The van der Waals surface area contributed by atoms with Gasteiger partial charge in [0, 0.05) is 12.1 Å². The molecule has 3 nitrogen and oxygen atoms in total. The first-order valence-electron chi connectivity index (χ1n) is 8.15. The van der Waals surface area contributed by atoms with Crippen molar-refractivity contribution in [3.63, 3.8) is 0 Å². The summed E-state index contributed by atoms with van der Waals surface area (Å²) in [5.41, 5.74) is 7.26. The van der Waals surface area contributed by atoms with Crippen molar-refractivity contribution in [3.05, 3.63) is 35.9 Å². The summed E-state index contributed by atoms with van der Waals surface area (Å²) in [5.74, 6) is 1.19. The summed E-state index contributed by atoms with van der Waals surface area (Å²) in [6.07, 6.45) is 3.52. The third-order valence-corrected chi connectivity index (χ3v) is 5.22. The fourth-order valence-electron chi connectivity index (χ4n) is 3.47. The van der Waals surface area contributed by atoms with Gasteiger partial charge < -0.3 is 11.1 Å². The molecule has 0 aliphatic heterocycles. The second kappa shape index (κ2) is 7.08. The zero-order valence-electron chi connectivity index (χ0n) is 13.4. The molecule has 5 unspecified atom stereocenters. The van der Waals surface area contributed by atoms with Crippen molar-refractivity contribution in [2.75, 3.05) is 0 Å². The molecule has 0 saturated heterocycles. The first-order chi connectivity index (χ1) is 10.0. The monoisotopic (exact) mass is 288 g/mol. The van der Waals surface area contributed by atoms with Crippen LogP contribution in [-0.4, -0.2) is 11.9 Å². The van der Waals surface area contributed by atoms with Gasteiger partial charge in [0.25, 0.3) is 0 Å². The van der Waals surface area contributed by atoms with Crippen LogP contribution in [0.1, 0.15) is 51.6 Å². The van der Waals surface area contributed by atoms with Gasteiger partial charge in [-0.1, -0.05) is 57.5 Å². The molecular weight excluding hydrogens is 260 g/mol. The first kappa shape index (κ1) is 16.0. The molecule has 1 amide bonds. The second-order valence-corrected chi connectivity index (χ2v) is 6.45. The summed E-state index contributed by atoms with van der Waals surface area (Å²) >= 11 is 0. The Labute approximate surface area is 128 Å². The first-order valence-corrected chi connectivity index (χ1v) is 8.15. The fourth-order valence-corrected chi connectivity index (χ4v) is 3.47. The Bertz CT molecular complexity index is 460. The van der Waals surface area contributed by atoms with Crippen molar-refractivity contribution < 1.29 is 4.79 Å². The number of carbonyl (C=O) groups excluding carboxylic acids is 1. The summed E-state index contributed by atoms with van der Waals surface area (Å²) in [6, 6.07) is 9.93. The van der Waals surface area contributed by atoms with Crippen LogP contribution in [0.2, 0.25) is 0 Å². The molecular formula is C18H28N2O. The molecule has 1 aromatic rings. The Morgan fingerprint density at radius 1 is 1.33 bits per heavy atom. The number of benzene rings is 1. The SMILES string of the molecule is CCC1CCC(NC(=O)C(C)C(N)c2ccccc2)C1C. The Hall–Kier alpha value is -1.35. The minimum atomic E-state index is -0.245. The molecule has 5 atom stereocenters. The Morgan fingerprint density at radius 3 is 2.57 bits per heavy atom. The van der Waals surface area contributed by atoms with E-state index in [4.69, 9.17) is 5.73 Å². The number of nitrogens with two attached hydrogens (primary N) is 1. The van der Waals surface area contributed by atoms with Crippen LogP contribution in [0.3, 0.4) is 0 Å². The lowest BCUT2D eigenvalue weighted by Gasteiger charge is -2.25. The van der Waals surface area contributed by atoms with E-state index in [0.29, 0.717) is 12.0 Å². The van der Waals surface area contributed by atoms with Gasteiger partial charge in [-0.2, -0.15) is 0 Å². The average molecular weight is 288 g/mol. The number of hydrogen-bond donors (Lipinski definition) is 2. The Kier molecular flexibility index (Phi) is 5.40. The van der Waals surface area contributed by atoms with Gasteiger partial charge in [0.15, 0.2) is 0 Å². The molecule has 2 rings (SSSR count). The molecule has 0 spiro atoms. The third-order valence-electron chi connectivity index (χ3n) is 5.22. The van der Waals surface area contributed by atoms with Gasteiger partial charge in [-0.05, 0) is 30.2 Å². The van der Waals surface area contributed by atoms with Crippen molar-refractivity contribution in [1.82, 2.24) is 5.32 Å². The van der Waals surface area contributed by atoms with Crippen LogP contribution in [0.25, 0.3) is 0 Å². The molecule has 0 radical (unpaired) electrons. The van der Waals surface area contributed by atoms with Crippen LogP contribution in [0, 0.1) is 17.8 Å². The predicted octanol–water partition coefficient (Wildman–Crippen LogP) is 3.26. The molecule has 3 N–H and O–H groups in total. The van der Waals surface area contributed by atoms with Crippen LogP contribution in [0.15, 0.2) is 30.3 Å². The van der Waals surface area contributed by atoms with E-state index in [0.717, 1.165) is 17.9 Å². The second-order valence-electron chi connectivity index (χ2n) is 6.45. The highest BCUT2D eigenvalue weighted by Crippen LogP contribution is 2.34. The number of rotatable bonds is 5. The zero-order valence-corrected chi connectivity index (χ0v) is 13.4. The maximum atomic E-state index is 12.5. The maximum absolute atomic E-state index is 12.5. The number of carbonyl (C=O) groups is 1. The van der Waals surface area contributed by atoms with Crippen LogP contribution in [0.4, 0.5) is 0 Å². The third kappa shape index (κ3) is 3.65. The molecule has 21 heavy (non-hydrogen) atoms. The molecule has 0 heterocycles. The van der Waals surface area contributed by atoms with Crippen LogP contribution >= 0.6 is 0 Å². The van der Waals surface area contributed by atoms with Crippen molar-refractivity contribution in [3.8, 4) is 0 Å². The van der Waals surface area contributed by atoms with Gasteiger partial charge >= 0.3 is 0 Å². The molecule has 3 heteroatoms. The fraction of sp³-hybridized carbons (Fsp3) is 0.611.